The van der Waals surface area contributed by atoms with Gasteiger partial charge >= 0.3 is 5.97 Å². The number of nitrogens with zero attached hydrogens (tertiary/aromatic N) is 1. The second-order valence-electron chi connectivity index (χ2n) is 7.66. The third-order valence-electron chi connectivity index (χ3n) is 5.63. The van der Waals surface area contributed by atoms with Crippen LogP contribution in [0.2, 0.25) is 0 Å². The Morgan fingerprint density at radius 1 is 1.07 bits per heavy atom. The second kappa shape index (κ2) is 11.0. The van der Waals surface area contributed by atoms with E-state index in [1.807, 2.05) is 19.1 Å². The van der Waals surface area contributed by atoms with Crippen LogP contribution in [-0.4, -0.2) is 12.6 Å². The largest absolute Gasteiger partial charge is 0.494 e. The van der Waals surface area contributed by atoms with Gasteiger partial charge in [0.1, 0.15) is 11.5 Å². The highest BCUT2D eigenvalue weighted by molar-refractivity contribution is 5.75. The summed E-state index contributed by atoms with van der Waals surface area (Å²) in [6.45, 7) is 4.76. The van der Waals surface area contributed by atoms with Gasteiger partial charge in [-0.05, 0) is 63.3 Å². The van der Waals surface area contributed by atoms with Crippen LogP contribution >= 0.6 is 0 Å². The molecule has 0 unspecified atom stereocenters. The van der Waals surface area contributed by atoms with Crippen molar-refractivity contribution in [3.05, 3.63) is 24.3 Å². The first-order valence-electron chi connectivity index (χ1n) is 10.5. The Labute approximate surface area is 163 Å². The molecule has 27 heavy (non-hydrogen) atoms. The lowest BCUT2D eigenvalue weighted by Crippen LogP contribution is -2.31. The lowest BCUT2D eigenvalue weighted by Gasteiger charge is -2.34. The minimum absolute atomic E-state index is 0.0989. The van der Waals surface area contributed by atoms with Crippen molar-refractivity contribution in [3.8, 4) is 17.6 Å². The smallest absolute Gasteiger partial charge is 0.314 e. The Hall–Kier alpha value is -2.02. The Kier molecular flexibility index (Phi) is 8.64. The molecule has 0 spiro atoms. The first kappa shape index (κ1) is 21.3. The normalized spacial score (nSPS) is 22.0. The van der Waals surface area contributed by atoms with E-state index in [1.165, 1.54) is 25.7 Å². The van der Waals surface area contributed by atoms with Gasteiger partial charge in [0.2, 0.25) is 0 Å². The summed E-state index contributed by atoms with van der Waals surface area (Å²) in [7, 11) is 0. The summed E-state index contributed by atoms with van der Waals surface area (Å²) in [5.41, 5.74) is -0.234. The van der Waals surface area contributed by atoms with Crippen molar-refractivity contribution in [2.24, 2.45) is 11.3 Å². The molecule has 0 N–H and O–H groups in total. The van der Waals surface area contributed by atoms with Gasteiger partial charge in [-0.15, -0.1) is 0 Å². The van der Waals surface area contributed by atoms with Gasteiger partial charge in [-0.25, -0.2) is 0 Å². The first-order valence-corrected chi connectivity index (χ1v) is 10.5. The summed E-state index contributed by atoms with van der Waals surface area (Å²) in [5, 5.41) is 9.70. The van der Waals surface area contributed by atoms with Crippen LogP contribution in [-0.2, 0) is 4.79 Å². The molecule has 1 saturated carbocycles. The molecule has 0 radical (unpaired) electrons. The number of hydrogen-bond acceptors (Lipinski definition) is 4. The summed E-state index contributed by atoms with van der Waals surface area (Å²) in [5.74, 6) is 1.05. The van der Waals surface area contributed by atoms with E-state index in [0.717, 1.165) is 44.3 Å². The maximum atomic E-state index is 12.5. The molecule has 0 atom stereocenters. The van der Waals surface area contributed by atoms with Gasteiger partial charge in [-0.1, -0.05) is 39.0 Å². The molecule has 1 aliphatic rings. The molecular weight excluding hydrogens is 338 g/mol. The number of ether oxygens (including phenoxy) is 2. The molecule has 0 saturated heterocycles. The molecule has 0 aliphatic heterocycles. The minimum atomic E-state index is -0.234. The molecule has 0 heterocycles. The van der Waals surface area contributed by atoms with E-state index in [0.29, 0.717) is 12.4 Å². The molecule has 4 nitrogen and oxygen atoms in total. The zero-order valence-electron chi connectivity index (χ0n) is 16.8. The van der Waals surface area contributed by atoms with E-state index >= 15 is 0 Å². The van der Waals surface area contributed by atoms with Gasteiger partial charge < -0.3 is 9.47 Å². The predicted octanol–water partition coefficient (Wildman–Crippen LogP) is 6.05. The third kappa shape index (κ3) is 6.57. The molecule has 1 fully saturated rings. The van der Waals surface area contributed by atoms with Crippen molar-refractivity contribution in [2.75, 3.05) is 6.61 Å². The van der Waals surface area contributed by atoms with E-state index in [9.17, 15) is 10.1 Å². The van der Waals surface area contributed by atoms with E-state index in [1.54, 1.807) is 12.1 Å². The van der Waals surface area contributed by atoms with Gasteiger partial charge in [-0.2, -0.15) is 5.26 Å². The summed E-state index contributed by atoms with van der Waals surface area (Å²) in [6, 6.07) is 9.72. The molecule has 0 amide bonds. The Bertz CT molecular complexity index is 610. The molecule has 0 bridgehead atoms. The summed E-state index contributed by atoms with van der Waals surface area (Å²) >= 11 is 0. The number of carbonyl (C=O) groups is 1. The summed E-state index contributed by atoms with van der Waals surface area (Å²) in [6.07, 6.45) is 10.2. The zero-order chi connectivity index (χ0) is 19.5. The van der Waals surface area contributed by atoms with Crippen molar-refractivity contribution in [1.29, 1.82) is 5.26 Å². The quantitative estimate of drug-likeness (QED) is 0.285. The third-order valence-corrected chi connectivity index (χ3v) is 5.63. The minimum Gasteiger partial charge on any atom is -0.494 e. The van der Waals surface area contributed by atoms with Crippen LogP contribution in [0.4, 0.5) is 0 Å². The Morgan fingerprint density at radius 2 is 1.70 bits per heavy atom. The zero-order valence-corrected chi connectivity index (χ0v) is 16.8. The second-order valence-corrected chi connectivity index (χ2v) is 7.66. The van der Waals surface area contributed by atoms with Gasteiger partial charge in [-0.3, -0.25) is 4.79 Å². The van der Waals surface area contributed by atoms with Crippen molar-refractivity contribution in [2.45, 2.75) is 78.1 Å². The van der Waals surface area contributed by atoms with E-state index in [4.69, 9.17) is 9.47 Å². The monoisotopic (exact) mass is 371 g/mol. The van der Waals surface area contributed by atoms with Gasteiger partial charge in [0.15, 0.2) is 0 Å². The molecule has 2 rings (SSSR count). The van der Waals surface area contributed by atoms with Crippen LogP contribution in [0.25, 0.3) is 0 Å². The number of unbranched alkanes of at least 4 members (excludes halogenated alkanes) is 4. The number of carbonyl (C=O) groups excluding carboxylic acids is 1. The fourth-order valence-corrected chi connectivity index (χ4v) is 3.86. The average molecular weight is 372 g/mol. The van der Waals surface area contributed by atoms with Crippen LogP contribution in [0.1, 0.15) is 78.1 Å². The van der Waals surface area contributed by atoms with Crippen LogP contribution < -0.4 is 9.47 Å². The fourth-order valence-electron chi connectivity index (χ4n) is 3.86. The number of esters is 1. The van der Waals surface area contributed by atoms with E-state index in [2.05, 4.69) is 13.0 Å². The van der Waals surface area contributed by atoms with Crippen molar-refractivity contribution in [3.63, 3.8) is 0 Å². The lowest BCUT2D eigenvalue weighted by molar-refractivity contribution is -0.140. The molecule has 1 aromatic rings. The molecular formula is C23H33NO3. The highest BCUT2D eigenvalue weighted by atomic mass is 16.5. The highest BCUT2D eigenvalue weighted by Gasteiger charge is 2.37. The van der Waals surface area contributed by atoms with Crippen molar-refractivity contribution in [1.82, 2.24) is 0 Å². The fraction of sp³-hybridized carbons (Fsp3) is 0.652. The van der Waals surface area contributed by atoms with Crippen LogP contribution in [0.5, 0.6) is 11.5 Å². The number of nitriles is 1. The summed E-state index contributed by atoms with van der Waals surface area (Å²) < 4.78 is 10.9. The highest BCUT2D eigenvalue weighted by Crippen LogP contribution is 2.42. The first-order chi connectivity index (χ1) is 13.1. The Balaban J connectivity index is 1.79. The molecule has 4 heteroatoms. The molecule has 0 aromatic heterocycles. The SMILES string of the molecule is CCCCCCC[C@]1(C#N)CC[C@H](C(=O)Oc2ccc(OCC)cc2)CC1. The maximum Gasteiger partial charge on any atom is 0.314 e. The van der Waals surface area contributed by atoms with Crippen molar-refractivity contribution >= 4 is 5.97 Å². The standard InChI is InChI=1S/C23H33NO3/c1-3-5-6-7-8-15-23(18-24)16-13-19(14-17-23)22(25)27-21-11-9-20(10-12-21)26-4-2/h9-12,19H,3-8,13-17H2,1-2H3/t19-,23-. The molecule has 148 valence electrons. The lowest BCUT2D eigenvalue weighted by atomic mass is 9.69. The van der Waals surface area contributed by atoms with Crippen LogP contribution in [0.15, 0.2) is 24.3 Å². The van der Waals surface area contributed by atoms with E-state index in [-0.39, 0.29) is 17.3 Å². The van der Waals surface area contributed by atoms with Gasteiger partial charge in [0.25, 0.3) is 0 Å². The Morgan fingerprint density at radius 3 is 2.30 bits per heavy atom. The molecule has 1 aromatic carbocycles. The van der Waals surface area contributed by atoms with Crippen LogP contribution in [0.3, 0.4) is 0 Å². The van der Waals surface area contributed by atoms with Gasteiger partial charge in [0, 0.05) is 0 Å². The summed E-state index contributed by atoms with van der Waals surface area (Å²) in [4.78, 5) is 12.5. The molecule has 1 aliphatic carbocycles. The number of rotatable bonds is 10. The van der Waals surface area contributed by atoms with Crippen molar-refractivity contribution < 1.29 is 14.3 Å². The van der Waals surface area contributed by atoms with Crippen LogP contribution in [0, 0.1) is 22.7 Å². The topological polar surface area (TPSA) is 59.3 Å². The van der Waals surface area contributed by atoms with Gasteiger partial charge in [0.05, 0.1) is 24.0 Å². The predicted molar refractivity (Wildman–Crippen MR) is 107 cm³/mol. The average Bonchev–Trinajstić information content (AvgIpc) is 2.70. The van der Waals surface area contributed by atoms with E-state index < -0.39 is 0 Å². The maximum absolute atomic E-state index is 12.5. The number of hydrogen-bond donors (Lipinski definition) is 0. The number of benzene rings is 1.